The van der Waals surface area contributed by atoms with Crippen LogP contribution >= 0.6 is 0 Å². The van der Waals surface area contributed by atoms with Crippen molar-refractivity contribution in [3.05, 3.63) is 35.4 Å². The molecular weight excluding hydrogens is 197 g/mol. The van der Waals surface area contributed by atoms with Crippen LogP contribution in [0.15, 0.2) is 24.3 Å². The van der Waals surface area contributed by atoms with E-state index < -0.39 is 17.5 Å². The van der Waals surface area contributed by atoms with Crippen molar-refractivity contribution in [1.82, 2.24) is 0 Å². The summed E-state index contributed by atoms with van der Waals surface area (Å²) in [5.41, 5.74) is -1.09. The summed E-state index contributed by atoms with van der Waals surface area (Å²) < 4.78 is 36.6. The molecule has 0 aromatic heterocycles. The molecule has 14 heavy (non-hydrogen) atoms. The predicted molar refractivity (Wildman–Crippen MR) is 43.2 cm³/mol. The fourth-order valence-electron chi connectivity index (χ4n) is 0.990. The average Bonchev–Trinajstić information content (AvgIpc) is 2.01. The third-order valence-electron chi connectivity index (χ3n) is 1.74. The lowest BCUT2D eigenvalue weighted by atomic mass is 10.0. The van der Waals surface area contributed by atoms with E-state index in [1.807, 2.05) is 0 Å². The Morgan fingerprint density at radius 1 is 1.07 bits per heavy atom. The summed E-state index contributed by atoms with van der Waals surface area (Å²) in [6.45, 7) is 1.00. The smallest absolute Gasteiger partial charge is 0.362 e. The Morgan fingerprint density at radius 3 is 2.00 bits per heavy atom. The molecule has 2 nitrogen and oxygen atoms in total. The zero-order valence-corrected chi connectivity index (χ0v) is 7.34. The summed E-state index contributed by atoms with van der Waals surface area (Å²) in [6, 6.07) is 3.92. The van der Waals surface area contributed by atoms with Crippen LogP contribution in [0.4, 0.5) is 13.2 Å². The normalized spacial score (nSPS) is 13.0. The van der Waals surface area contributed by atoms with E-state index in [1.54, 1.807) is 0 Å². The van der Waals surface area contributed by atoms with E-state index in [2.05, 4.69) is 0 Å². The van der Waals surface area contributed by atoms with Crippen molar-refractivity contribution in [2.45, 2.75) is 18.9 Å². The monoisotopic (exact) mass is 206 g/mol. The summed E-state index contributed by atoms with van der Waals surface area (Å²) >= 11 is 0. The number of benzene rings is 1. The van der Waals surface area contributed by atoms with Crippen molar-refractivity contribution in [3.63, 3.8) is 0 Å². The number of hydrogen-bond donors (Lipinski definition) is 2. The van der Waals surface area contributed by atoms with E-state index in [9.17, 15) is 13.2 Å². The van der Waals surface area contributed by atoms with Gasteiger partial charge in [0.05, 0.1) is 5.56 Å². The van der Waals surface area contributed by atoms with Crippen LogP contribution in [0.1, 0.15) is 18.1 Å². The Balaban J connectivity index is 3.15. The first-order valence-electron chi connectivity index (χ1n) is 3.84. The molecule has 0 fully saturated rings. The third-order valence-corrected chi connectivity index (χ3v) is 1.74. The van der Waals surface area contributed by atoms with E-state index in [4.69, 9.17) is 10.2 Å². The van der Waals surface area contributed by atoms with Gasteiger partial charge in [-0.2, -0.15) is 13.2 Å². The van der Waals surface area contributed by atoms with Crippen LogP contribution in [0, 0.1) is 0 Å². The van der Waals surface area contributed by atoms with E-state index in [0.29, 0.717) is 6.07 Å². The van der Waals surface area contributed by atoms with Gasteiger partial charge < -0.3 is 10.2 Å². The fraction of sp³-hybridized carbons (Fsp3) is 0.333. The Bertz CT molecular complexity index is 296. The Hall–Kier alpha value is -1.07. The van der Waals surface area contributed by atoms with Gasteiger partial charge in [-0.1, -0.05) is 12.1 Å². The largest absolute Gasteiger partial charge is 0.416 e. The van der Waals surface area contributed by atoms with Gasteiger partial charge in [0.15, 0.2) is 5.79 Å². The van der Waals surface area contributed by atoms with E-state index in [1.165, 1.54) is 6.07 Å². The summed E-state index contributed by atoms with van der Waals surface area (Å²) in [7, 11) is 0. The molecular formula is C9H9F3O2. The van der Waals surface area contributed by atoms with Crippen molar-refractivity contribution in [1.29, 1.82) is 0 Å². The Morgan fingerprint density at radius 2 is 1.57 bits per heavy atom. The fourth-order valence-corrected chi connectivity index (χ4v) is 0.990. The minimum atomic E-state index is -4.47. The quantitative estimate of drug-likeness (QED) is 0.688. The van der Waals surface area contributed by atoms with Gasteiger partial charge in [0.1, 0.15) is 0 Å². The van der Waals surface area contributed by atoms with Crippen LogP contribution in [0.25, 0.3) is 0 Å². The second-order valence-electron chi connectivity index (χ2n) is 3.10. The lowest BCUT2D eigenvalue weighted by molar-refractivity contribution is -0.154. The van der Waals surface area contributed by atoms with Crippen molar-refractivity contribution in [3.8, 4) is 0 Å². The van der Waals surface area contributed by atoms with Crippen LogP contribution < -0.4 is 0 Å². The summed E-state index contributed by atoms with van der Waals surface area (Å²) in [6.07, 6.45) is -4.47. The molecule has 0 unspecified atom stereocenters. The van der Waals surface area contributed by atoms with Gasteiger partial charge >= 0.3 is 6.18 Å². The molecule has 0 atom stereocenters. The summed E-state index contributed by atoms with van der Waals surface area (Å²) in [5, 5.41) is 18.1. The van der Waals surface area contributed by atoms with Crippen molar-refractivity contribution in [2.75, 3.05) is 0 Å². The molecule has 1 aromatic carbocycles. The number of rotatable bonds is 1. The van der Waals surface area contributed by atoms with Gasteiger partial charge in [0.25, 0.3) is 0 Å². The molecule has 0 aliphatic rings. The van der Waals surface area contributed by atoms with Gasteiger partial charge in [0, 0.05) is 5.56 Å². The second-order valence-corrected chi connectivity index (χ2v) is 3.10. The maximum Gasteiger partial charge on any atom is 0.416 e. The van der Waals surface area contributed by atoms with Gasteiger partial charge in [-0.25, -0.2) is 0 Å². The molecule has 0 radical (unpaired) electrons. The number of alkyl halides is 3. The lowest BCUT2D eigenvalue weighted by Crippen LogP contribution is -2.20. The van der Waals surface area contributed by atoms with E-state index >= 15 is 0 Å². The highest BCUT2D eigenvalue weighted by molar-refractivity contribution is 5.27. The maximum atomic E-state index is 12.2. The first kappa shape index (κ1) is 11.0. The van der Waals surface area contributed by atoms with Crippen LogP contribution in [-0.4, -0.2) is 10.2 Å². The van der Waals surface area contributed by atoms with Crippen LogP contribution in [0.5, 0.6) is 0 Å². The topological polar surface area (TPSA) is 40.5 Å². The van der Waals surface area contributed by atoms with Gasteiger partial charge in [0.2, 0.25) is 0 Å². The molecule has 0 aliphatic carbocycles. The second kappa shape index (κ2) is 3.25. The van der Waals surface area contributed by atoms with Gasteiger partial charge in [-0.3, -0.25) is 0 Å². The first-order chi connectivity index (χ1) is 6.21. The Kier molecular flexibility index (Phi) is 2.56. The molecule has 2 N–H and O–H groups in total. The molecule has 0 saturated heterocycles. The van der Waals surface area contributed by atoms with Crippen LogP contribution in [0.2, 0.25) is 0 Å². The zero-order chi connectivity index (χ0) is 11.0. The van der Waals surface area contributed by atoms with Crippen LogP contribution in [0.3, 0.4) is 0 Å². The minimum absolute atomic E-state index is 0.188. The average molecular weight is 206 g/mol. The molecule has 0 heterocycles. The first-order valence-corrected chi connectivity index (χ1v) is 3.84. The van der Waals surface area contributed by atoms with Gasteiger partial charge in [-0.05, 0) is 19.1 Å². The van der Waals surface area contributed by atoms with Crippen LogP contribution in [-0.2, 0) is 12.0 Å². The van der Waals surface area contributed by atoms with Crippen molar-refractivity contribution >= 4 is 0 Å². The number of halogens is 3. The summed E-state index contributed by atoms with van der Waals surface area (Å²) in [5.74, 6) is -2.25. The standard InChI is InChI=1S/C9H9F3O2/c1-8(13,14)6-3-2-4-7(5-6)9(10,11)12/h2-5,13-14H,1H3. The molecule has 5 heteroatoms. The molecule has 0 spiro atoms. The van der Waals surface area contributed by atoms with E-state index in [-0.39, 0.29) is 5.56 Å². The number of aliphatic hydroxyl groups is 2. The molecule has 0 saturated carbocycles. The highest BCUT2D eigenvalue weighted by Crippen LogP contribution is 2.31. The molecule has 0 bridgehead atoms. The molecule has 0 amide bonds. The molecule has 78 valence electrons. The predicted octanol–water partition coefficient (Wildman–Crippen LogP) is 1.86. The molecule has 0 aliphatic heterocycles. The van der Waals surface area contributed by atoms with Crippen molar-refractivity contribution < 1.29 is 23.4 Å². The highest BCUT2D eigenvalue weighted by atomic mass is 19.4. The SMILES string of the molecule is CC(O)(O)c1cccc(C(F)(F)F)c1. The zero-order valence-electron chi connectivity index (χ0n) is 7.34. The van der Waals surface area contributed by atoms with Crippen molar-refractivity contribution in [2.24, 2.45) is 0 Å². The minimum Gasteiger partial charge on any atom is -0.362 e. The van der Waals surface area contributed by atoms with Gasteiger partial charge in [-0.15, -0.1) is 0 Å². The molecule has 1 rings (SSSR count). The van der Waals surface area contributed by atoms with E-state index in [0.717, 1.165) is 19.1 Å². The Labute approximate surface area is 78.6 Å². The molecule has 1 aromatic rings. The highest BCUT2D eigenvalue weighted by Gasteiger charge is 2.32. The third kappa shape index (κ3) is 2.46. The number of hydrogen-bond acceptors (Lipinski definition) is 2. The summed E-state index contributed by atoms with van der Waals surface area (Å²) in [4.78, 5) is 0. The lowest BCUT2D eigenvalue weighted by Gasteiger charge is -2.17. The maximum absolute atomic E-state index is 12.2.